The Kier molecular flexibility index (Phi) is 6.57. The van der Waals surface area contributed by atoms with Crippen LogP contribution in [-0.4, -0.2) is 57.6 Å². The molecule has 0 radical (unpaired) electrons. The van der Waals surface area contributed by atoms with Crippen LogP contribution in [0.25, 0.3) is 0 Å². The van der Waals surface area contributed by atoms with Gasteiger partial charge in [0.25, 0.3) is 0 Å². The molecule has 0 aromatic carbocycles. The summed E-state index contributed by atoms with van der Waals surface area (Å²) >= 11 is 0. The lowest BCUT2D eigenvalue weighted by atomic mass is 9.80. The first-order valence-corrected chi connectivity index (χ1v) is 7.02. The maximum atomic E-state index is 5.30. The molecule has 108 valence electrons. The third-order valence-electron chi connectivity index (χ3n) is 4.36. The monoisotopic (exact) mass is 258 g/mol. The Labute approximate surface area is 112 Å². The fourth-order valence-corrected chi connectivity index (χ4v) is 2.94. The molecule has 0 aromatic rings. The zero-order valence-corrected chi connectivity index (χ0v) is 12.7. The lowest BCUT2D eigenvalue weighted by molar-refractivity contribution is -0.121. The van der Waals surface area contributed by atoms with E-state index in [0.29, 0.717) is 5.54 Å². The van der Waals surface area contributed by atoms with Crippen LogP contribution in [0.4, 0.5) is 0 Å². The van der Waals surface area contributed by atoms with Gasteiger partial charge >= 0.3 is 0 Å². The summed E-state index contributed by atoms with van der Waals surface area (Å²) in [5.74, 6) is 0. The first kappa shape index (κ1) is 15.9. The molecule has 1 unspecified atom stereocenters. The highest BCUT2D eigenvalue weighted by Gasteiger charge is 2.34. The lowest BCUT2D eigenvalue weighted by Gasteiger charge is -2.44. The third kappa shape index (κ3) is 3.92. The molecule has 1 atom stereocenters. The van der Waals surface area contributed by atoms with Crippen molar-refractivity contribution < 1.29 is 9.47 Å². The number of hydrogen-bond acceptors (Lipinski definition) is 4. The molecule has 1 aliphatic rings. The summed E-state index contributed by atoms with van der Waals surface area (Å²) in [5, 5.41) is 3.58. The minimum atomic E-state index is -0.173. The number of nitrogens with zero attached hydrogens (tertiary/aromatic N) is 1. The summed E-state index contributed by atoms with van der Waals surface area (Å²) < 4.78 is 10.6. The minimum Gasteiger partial charge on any atom is -0.354 e. The summed E-state index contributed by atoms with van der Waals surface area (Å²) in [7, 11) is 7.77. The molecule has 0 amide bonds. The van der Waals surface area contributed by atoms with Crippen molar-refractivity contribution in [3.8, 4) is 0 Å². The molecule has 4 nitrogen and oxygen atoms in total. The van der Waals surface area contributed by atoms with E-state index in [1.54, 1.807) is 14.2 Å². The van der Waals surface area contributed by atoms with E-state index in [0.717, 1.165) is 6.54 Å². The van der Waals surface area contributed by atoms with E-state index < -0.39 is 0 Å². The molecule has 1 fully saturated rings. The maximum absolute atomic E-state index is 5.30. The van der Waals surface area contributed by atoms with Crippen LogP contribution < -0.4 is 5.32 Å². The largest absolute Gasteiger partial charge is 0.354 e. The molecule has 0 heterocycles. The Morgan fingerprint density at radius 1 is 1.11 bits per heavy atom. The summed E-state index contributed by atoms with van der Waals surface area (Å²) in [5.41, 5.74) is 0.304. The van der Waals surface area contributed by atoms with Gasteiger partial charge in [-0.05, 0) is 33.9 Å². The molecule has 1 saturated carbocycles. The smallest absolute Gasteiger partial charge is 0.171 e. The van der Waals surface area contributed by atoms with Crippen molar-refractivity contribution in [3.63, 3.8) is 0 Å². The van der Waals surface area contributed by atoms with Crippen molar-refractivity contribution in [3.05, 3.63) is 0 Å². The van der Waals surface area contributed by atoms with Crippen LogP contribution in [0.1, 0.15) is 39.0 Å². The van der Waals surface area contributed by atoms with Crippen LogP contribution in [0.15, 0.2) is 0 Å². The molecule has 0 saturated heterocycles. The van der Waals surface area contributed by atoms with Gasteiger partial charge in [-0.3, -0.25) is 0 Å². The number of hydrogen-bond donors (Lipinski definition) is 1. The third-order valence-corrected chi connectivity index (χ3v) is 4.36. The van der Waals surface area contributed by atoms with Gasteiger partial charge in [0, 0.05) is 26.3 Å². The van der Waals surface area contributed by atoms with Crippen molar-refractivity contribution in [1.29, 1.82) is 0 Å². The van der Waals surface area contributed by atoms with Crippen LogP contribution >= 0.6 is 0 Å². The van der Waals surface area contributed by atoms with Crippen molar-refractivity contribution in [2.24, 2.45) is 0 Å². The van der Waals surface area contributed by atoms with Crippen LogP contribution in [-0.2, 0) is 9.47 Å². The minimum absolute atomic E-state index is 0.173. The molecule has 0 bridgehead atoms. The Balaban J connectivity index is 2.52. The highest BCUT2D eigenvalue weighted by atomic mass is 16.7. The number of ether oxygens (including phenoxy) is 2. The van der Waals surface area contributed by atoms with Gasteiger partial charge in [0.05, 0.1) is 6.04 Å². The molecular formula is C14H30N2O2. The number of rotatable bonds is 7. The van der Waals surface area contributed by atoms with Crippen molar-refractivity contribution in [2.75, 3.05) is 34.9 Å². The molecule has 1 aliphatic carbocycles. The Hall–Kier alpha value is -0.160. The van der Waals surface area contributed by atoms with E-state index in [-0.39, 0.29) is 12.3 Å². The second kappa shape index (κ2) is 7.43. The quantitative estimate of drug-likeness (QED) is 0.707. The van der Waals surface area contributed by atoms with Gasteiger partial charge in [-0.2, -0.15) is 0 Å². The lowest BCUT2D eigenvalue weighted by Crippen LogP contribution is -2.55. The zero-order chi connectivity index (χ0) is 13.6. The van der Waals surface area contributed by atoms with Crippen LogP contribution in [0.2, 0.25) is 0 Å². The summed E-state index contributed by atoms with van der Waals surface area (Å²) in [4.78, 5) is 2.39. The average Bonchev–Trinajstić information content (AvgIpc) is 2.38. The van der Waals surface area contributed by atoms with Crippen LogP contribution in [0, 0.1) is 0 Å². The zero-order valence-electron chi connectivity index (χ0n) is 12.7. The summed E-state index contributed by atoms with van der Waals surface area (Å²) in [6, 6.07) is 0.207. The molecule has 0 aliphatic heterocycles. The predicted molar refractivity (Wildman–Crippen MR) is 74.8 cm³/mol. The molecule has 4 heteroatoms. The summed E-state index contributed by atoms with van der Waals surface area (Å²) in [6.45, 7) is 3.12. The van der Waals surface area contributed by atoms with Crippen molar-refractivity contribution in [2.45, 2.75) is 56.9 Å². The van der Waals surface area contributed by atoms with Gasteiger partial charge in [-0.25, -0.2) is 0 Å². The Morgan fingerprint density at radius 2 is 1.67 bits per heavy atom. The summed E-state index contributed by atoms with van der Waals surface area (Å²) in [6.07, 6.45) is 6.45. The fraction of sp³-hybridized carbons (Fsp3) is 1.00. The topological polar surface area (TPSA) is 33.7 Å². The van der Waals surface area contributed by atoms with Gasteiger partial charge in [0.2, 0.25) is 0 Å². The number of nitrogens with one attached hydrogen (secondary N) is 1. The first-order chi connectivity index (χ1) is 8.55. The molecular weight excluding hydrogens is 228 g/mol. The number of methoxy groups -OCH3 is 2. The highest BCUT2D eigenvalue weighted by molar-refractivity contribution is 4.93. The SMILES string of the molecule is COC(OC)C(C)NCC1(N(C)C)CCCCC1. The predicted octanol–water partition coefficient (Wildman–Crippen LogP) is 1.85. The van der Waals surface area contributed by atoms with Crippen molar-refractivity contribution >= 4 is 0 Å². The van der Waals surface area contributed by atoms with E-state index in [2.05, 4.69) is 31.2 Å². The molecule has 1 N–H and O–H groups in total. The van der Waals surface area contributed by atoms with Gasteiger partial charge in [0.1, 0.15) is 0 Å². The van der Waals surface area contributed by atoms with Crippen LogP contribution in [0.3, 0.4) is 0 Å². The maximum Gasteiger partial charge on any atom is 0.171 e. The molecule has 0 aromatic heterocycles. The average molecular weight is 258 g/mol. The second-order valence-electron chi connectivity index (χ2n) is 5.69. The normalized spacial score (nSPS) is 21.5. The molecule has 0 spiro atoms. The van der Waals surface area contributed by atoms with Crippen LogP contribution in [0.5, 0.6) is 0 Å². The number of likely N-dealkylation sites (N-methyl/N-ethyl adjacent to an activating group) is 1. The molecule has 1 rings (SSSR count). The van der Waals surface area contributed by atoms with Gasteiger partial charge < -0.3 is 19.7 Å². The standard InChI is InChI=1S/C14H30N2O2/c1-12(13(17-4)18-5)15-11-14(16(2)3)9-7-6-8-10-14/h12-13,15H,6-11H2,1-5H3. The van der Waals surface area contributed by atoms with E-state index in [9.17, 15) is 0 Å². The Bertz CT molecular complexity index is 224. The van der Waals surface area contributed by atoms with Gasteiger partial charge in [-0.15, -0.1) is 0 Å². The Morgan fingerprint density at radius 3 is 2.11 bits per heavy atom. The van der Waals surface area contributed by atoms with E-state index in [4.69, 9.17) is 9.47 Å². The highest BCUT2D eigenvalue weighted by Crippen LogP contribution is 2.31. The molecule has 18 heavy (non-hydrogen) atoms. The van der Waals surface area contributed by atoms with Crippen molar-refractivity contribution in [1.82, 2.24) is 10.2 Å². The fourth-order valence-electron chi connectivity index (χ4n) is 2.94. The van der Waals surface area contributed by atoms with Gasteiger partial charge in [0.15, 0.2) is 6.29 Å². The van der Waals surface area contributed by atoms with E-state index in [1.807, 2.05) is 0 Å². The van der Waals surface area contributed by atoms with E-state index in [1.165, 1.54) is 32.1 Å². The second-order valence-corrected chi connectivity index (χ2v) is 5.69. The van der Waals surface area contributed by atoms with E-state index >= 15 is 0 Å². The van der Waals surface area contributed by atoms with Gasteiger partial charge in [-0.1, -0.05) is 19.3 Å². The first-order valence-electron chi connectivity index (χ1n) is 7.02.